The Balaban J connectivity index is 1.92. The molecule has 1 heterocycles. The zero-order valence-corrected chi connectivity index (χ0v) is 11.4. The van der Waals surface area contributed by atoms with Gasteiger partial charge in [0.1, 0.15) is 0 Å². The summed E-state index contributed by atoms with van der Waals surface area (Å²) < 4.78 is 5.69. The van der Waals surface area contributed by atoms with Gasteiger partial charge in [-0.3, -0.25) is 4.79 Å². The molecule has 0 saturated carbocycles. The van der Waals surface area contributed by atoms with Gasteiger partial charge in [0.25, 0.3) is 0 Å². The van der Waals surface area contributed by atoms with Crippen molar-refractivity contribution >= 4 is 12.1 Å². The summed E-state index contributed by atoms with van der Waals surface area (Å²) in [6, 6.07) is 15.1. The van der Waals surface area contributed by atoms with Crippen LogP contribution < -0.4 is 5.32 Å². The molecule has 5 nitrogen and oxygen atoms in total. The minimum Gasteiger partial charge on any atom is -0.416 e. The molecule has 0 unspecified atom stereocenters. The number of benzene rings is 2. The fraction of sp³-hybridized carbons (Fsp3) is 0.0625. The topological polar surface area (TPSA) is 68.0 Å². The lowest BCUT2D eigenvalue weighted by atomic mass is 10.1. The molecule has 0 bridgehead atoms. The highest BCUT2D eigenvalue weighted by atomic mass is 16.4. The second kappa shape index (κ2) is 5.58. The molecule has 0 fully saturated rings. The molecule has 21 heavy (non-hydrogen) atoms. The first-order valence-corrected chi connectivity index (χ1v) is 6.47. The van der Waals surface area contributed by atoms with Crippen molar-refractivity contribution < 1.29 is 9.21 Å². The van der Waals surface area contributed by atoms with Gasteiger partial charge in [-0.25, -0.2) is 0 Å². The Labute approximate surface area is 121 Å². The number of aryl methyl sites for hydroxylation is 1. The first-order valence-electron chi connectivity index (χ1n) is 6.47. The summed E-state index contributed by atoms with van der Waals surface area (Å²) in [4.78, 5) is 10.5. The van der Waals surface area contributed by atoms with Crippen molar-refractivity contribution in [3.8, 4) is 22.9 Å². The molecule has 5 heteroatoms. The fourth-order valence-electron chi connectivity index (χ4n) is 1.96. The lowest BCUT2D eigenvalue weighted by Crippen LogP contribution is -1.93. The van der Waals surface area contributed by atoms with E-state index in [4.69, 9.17) is 4.42 Å². The van der Waals surface area contributed by atoms with E-state index in [0.29, 0.717) is 23.9 Å². The standard InChI is InChI=1S/C16H13N3O2/c1-11-5-7-12(8-6-11)15-18-19-16(21-15)13-3-2-4-14(9-13)17-10-20/h2-10H,1H3,(H,17,20). The van der Waals surface area contributed by atoms with E-state index >= 15 is 0 Å². The Hall–Kier alpha value is -2.95. The van der Waals surface area contributed by atoms with Crippen LogP contribution >= 0.6 is 0 Å². The van der Waals surface area contributed by atoms with Gasteiger partial charge in [-0.15, -0.1) is 10.2 Å². The molecule has 104 valence electrons. The maximum absolute atomic E-state index is 10.5. The molecule has 3 rings (SSSR count). The van der Waals surface area contributed by atoms with Crippen LogP contribution in [0.4, 0.5) is 5.69 Å². The molecule has 0 aliphatic heterocycles. The Bertz CT molecular complexity index is 763. The van der Waals surface area contributed by atoms with Gasteiger partial charge in [0.15, 0.2) is 0 Å². The molecule has 1 amide bonds. The number of aromatic nitrogens is 2. The van der Waals surface area contributed by atoms with Gasteiger partial charge in [0.2, 0.25) is 18.2 Å². The number of hydrogen-bond donors (Lipinski definition) is 1. The summed E-state index contributed by atoms with van der Waals surface area (Å²) in [6.45, 7) is 2.02. The number of amides is 1. The van der Waals surface area contributed by atoms with Gasteiger partial charge >= 0.3 is 0 Å². The average molecular weight is 279 g/mol. The van der Waals surface area contributed by atoms with Crippen LogP contribution in [0.3, 0.4) is 0 Å². The summed E-state index contributed by atoms with van der Waals surface area (Å²) in [6.07, 6.45) is 0.630. The lowest BCUT2D eigenvalue weighted by Gasteiger charge is -2.00. The third-order valence-corrected chi connectivity index (χ3v) is 3.06. The summed E-state index contributed by atoms with van der Waals surface area (Å²) >= 11 is 0. The largest absolute Gasteiger partial charge is 0.416 e. The van der Waals surface area contributed by atoms with Gasteiger partial charge in [-0.05, 0) is 37.3 Å². The quantitative estimate of drug-likeness (QED) is 0.744. The van der Waals surface area contributed by atoms with Gasteiger partial charge in [-0.2, -0.15) is 0 Å². The predicted octanol–water partition coefficient (Wildman–Crippen LogP) is 3.28. The Morgan fingerprint density at radius 2 is 1.71 bits per heavy atom. The predicted molar refractivity (Wildman–Crippen MR) is 79.6 cm³/mol. The highest BCUT2D eigenvalue weighted by Crippen LogP contribution is 2.25. The first-order chi connectivity index (χ1) is 10.3. The minimum atomic E-state index is 0.417. The average Bonchev–Trinajstić information content (AvgIpc) is 2.98. The summed E-state index contributed by atoms with van der Waals surface area (Å²) in [5.41, 5.74) is 3.48. The molecule has 0 aliphatic rings. The van der Waals surface area contributed by atoms with E-state index in [1.54, 1.807) is 12.1 Å². The van der Waals surface area contributed by atoms with Crippen molar-refractivity contribution in [3.63, 3.8) is 0 Å². The van der Waals surface area contributed by atoms with Crippen LogP contribution in [-0.2, 0) is 4.79 Å². The highest BCUT2D eigenvalue weighted by Gasteiger charge is 2.10. The van der Waals surface area contributed by atoms with Gasteiger partial charge in [0.05, 0.1) is 0 Å². The minimum absolute atomic E-state index is 0.417. The summed E-state index contributed by atoms with van der Waals surface area (Å²) in [5, 5.41) is 10.7. The zero-order valence-electron chi connectivity index (χ0n) is 11.4. The zero-order chi connectivity index (χ0) is 14.7. The maximum Gasteiger partial charge on any atom is 0.248 e. The molecule has 3 aromatic rings. The third kappa shape index (κ3) is 2.81. The van der Waals surface area contributed by atoms with E-state index in [2.05, 4.69) is 15.5 Å². The Kier molecular flexibility index (Phi) is 3.47. The number of hydrogen-bond acceptors (Lipinski definition) is 4. The van der Waals surface area contributed by atoms with Crippen LogP contribution in [0.15, 0.2) is 52.9 Å². The number of nitrogens with zero attached hydrogens (tertiary/aromatic N) is 2. The SMILES string of the molecule is Cc1ccc(-c2nnc(-c3cccc(NC=O)c3)o2)cc1. The lowest BCUT2D eigenvalue weighted by molar-refractivity contribution is -0.105. The molecule has 1 aromatic heterocycles. The van der Waals surface area contributed by atoms with Crippen molar-refractivity contribution in [1.29, 1.82) is 0 Å². The Morgan fingerprint density at radius 3 is 2.43 bits per heavy atom. The van der Waals surface area contributed by atoms with Crippen molar-refractivity contribution in [1.82, 2.24) is 10.2 Å². The van der Waals surface area contributed by atoms with Crippen LogP contribution in [0.25, 0.3) is 22.9 Å². The van der Waals surface area contributed by atoms with Gasteiger partial charge < -0.3 is 9.73 Å². The van der Waals surface area contributed by atoms with E-state index in [0.717, 1.165) is 11.1 Å². The smallest absolute Gasteiger partial charge is 0.248 e. The first kappa shape index (κ1) is 13.1. The number of nitrogens with one attached hydrogen (secondary N) is 1. The van der Waals surface area contributed by atoms with Crippen LogP contribution in [0, 0.1) is 6.92 Å². The number of anilines is 1. The number of carbonyl (C=O) groups is 1. The molecular formula is C16H13N3O2. The van der Waals surface area contributed by atoms with Crippen molar-refractivity contribution in [2.75, 3.05) is 5.32 Å². The van der Waals surface area contributed by atoms with Crippen LogP contribution in [-0.4, -0.2) is 16.6 Å². The highest BCUT2D eigenvalue weighted by molar-refractivity contribution is 5.74. The molecule has 0 spiro atoms. The second-order valence-electron chi connectivity index (χ2n) is 4.62. The molecule has 0 aliphatic carbocycles. The normalized spacial score (nSPS) is 10.3. The molecule has 1 N–H and O–H groups in total. The fourth-order valence-corrected chi connectivity index (χ4v) is 1.96. The van der Waals surface area contributed by atoms with Crippen LogP contribution in [0.1, 0.15) is 5.56 Å². The number of rotatable bonds is 4. The number of carbonyl (C=O) groups excluding carboxylic acids is 1. The molecule has 0 radical (unpaired) electrons. The third-order valence-electron chi connectivity index (χ3n) is 3.06. The van der Waals surface area contributed by atoms with E-state index in [-0.39, 0.29) is 0 Å². The molecular weight excluding hydrogens is 266 g/mol. The monoisotopic (exact) mass is 279 g/mol. The van der Waals surface area contributed by atoms with Crippen LogP contribution in [0.5, 0.6) is 0 Å². The van der Waals surface area contributed by atoms with E-state index in [9.17, 15) is 4.79 Å². The van der Waals surface area contributed by atoms with Gasteiger partial charge in [-0.1, -0.05) is 23.8 Å². The molecule has 0 saturated heterocycles. The Morgan fingerprint density at radius 1 is 1.00 bits per heavy atom. The van der Waals surface area contributed by atoms with Crippen LogP contribution in [0.2, 0.25) is 0 Å². The summed E-state index contributed by atoms with van der Waals surface area (Å²) in [5.74, 6) is 0.888. The maximum atomic E-state index is 10.5. The van der Waals surface area contributed by atoms with E-state index in [1.807, 2.05) is 43.3 Å². The van der Waals surface area contributed by atoms with Crippen molar-refractivity contribution in [2.24, 2.45) is 0 Å². The van der Waals surface area contributed by atoms with Gasteiger partial charge in [0, 0.05) is 16.8 Å². The van der Waals surface area contributed by atoms with Crippen molar-refractivity contribution in [3.05, 3.63) is 54.1 Å². The summed E-state index contributed by atoms with van der Waals surface area (Å²) in [7, 11) is 0. The van der Waals surface area contributed by atoms with E-state index < -0.39 is 0 Å². The molecule has 2 aromatic carbocycles. The van der Waals surface area contributed by atoms with E-state index in [1.165, 1.54) is 5.56 Å². The van der Waals surface area contributed by atoms with Crippen molar-refractivity contribution in [2.45, 2.75) is 6.92 Å². The molecule has 0 atom stereocenters. The second-order valence-corrected chi connectivity index (χ2v) is 4.62.